The van der Waals surface area contributed by atoms with E-state index in [0.29, 0.717) is 0 Å². The Labute approximate surface area is 172 Å². The summed E-state index contributed by atoms with van der Waals surface area (Å²) in [4.78, 5) is 0. The first-order valence-corrected chi connectivity index (χ1v) is 12.9. The number of allylic oxidation sites excluding steroid dienone is 4. The van der Waals surface area contributed by atoms with Gasteiger partial charge >= 0.3 is 38.5 Å². The summed E-state index contributed by atoms with van der Waals surface area (Å²) in [6, 6.07) is 14.7. The molecular weight excluding hydrogens is 387 g/mol. The fourth-order valence-electron chi connectivity index (χ4n) is 2.06. The van der Waals surface area contributed by atoms with E-state index < -0.39 is 0 Å². The molecule has 0 saturated heterocycles. The number of halogens is 2. The van der Waals surface area contributed by atoms with Crippen molar-refractivity contribution in [1.82, 2.24) is 0 Å². The van der Waals surface area contributed by atoms with Gasteiger partial charge < -0.3 is 24.8 Å². The van der Waals surface area contributed by atoms with Crippen molar-refractivity contribution in [2.45, 2.75) is 45.7 Å². The zero-order valence-electron chi connectivity index (χ0n) is 14.8. The Hall–Kier alpha value is -0.179. The van der Waals surface area contributed by atoms with Gasteiger partial charge in [0.25, 0.3) is 0 Å². The number of fused-ring (bicyclic) bond motifs is 1. The summed E-state index contributed by atoms with van der Waals surface area (Å²) in [5.41, 5.74) is 1.41. The monoisotopic (exact) mass is 412 g/mol. The smallest absolute Gasteiger partial charge is 0.0809 e. The topological polar surface area (TPSA) is 0 Å². The molecule has 2 aromatic carbocycles. The van der Waals surface area contributed by atoms with Gasteiger partial charge in [0.05, 0.1) is 0 Å². The summed E-state index contributed by atoms with van der Waals surface area (Å²) < 4.78 is 0. The molecule has 1 aliphatic carbocycles. The molecule has 3 rings (SSSR count). The Morgan fingerprint density at radius 1 is 1.17 bits per heavy atom. The first-order chi connectivity index (χ1) is 10.6. The maximum atomic E-state index is 3.30. The Bertz CT molecular complexity index is 595. The predicted molar refractivity (Wildman–Crippen MR) is 97.1 cm³/mol. The Kier molecular flexibility index (Phi) is 17.7. The summed E-state index contributed by atoms with van der Waals surface area (Å²) in [7, 11) is 0. The van der Waals surface area contributed by atoms with E-state index >= 15 is 0 Å². The maximum Gasteiger partial charge on any atom is -0.0809 e. The van der Waals surface area contributed by atoms with E-state index in [2.05, 4.69) is 99.9 Å². The van der Waals surface area contributed by atoms with Gasteiger partial charge in [-0.15, -0.1) is 36.1 Å². The molecule has 24 heavy (non-hydrogen) atoms. The fourth-order valence-corrected chi connectivity index (χ4v) is 2.06. The first kappa shape index (κ1) is 26.1. The van der Waals surface area contributed by atoms with Gasteiger partial charge in [0, 0.05) is 0 Å². The van der Waals surface area contributed by atoms with Gasteiger partial charge in [-0.1, -0.05) is 32.3 Å². The van der Waals surface area contributed by atoms with E-state index in [-0.39, 0.29) is 31.0 Å². The van der Waals surface area contributed by atoms with Gasteiger partial charge in [-0.25, -0.2) is 11.6 Å². The second kappa shape index (κ2) is 16.3. The van der Waals surface area contributed by atoms with Crippen LogP contribution in [-0.2, 0) is 19.2 Å². The van der Waals surface area contributed by atoms with Gasteiger partial charge in [0.1, 0.15) is 0 Å². The summed E-state index contributed by atoms with van der Waals surface area (Å²) in [5.74, 6) is 0. The predicted octanol–water partition coefficient (Wildman–Crippen LogP) is 0.217. The van der Waals surface area contributed by atoms with Crippen molar-refractivity contribution in [1.29, 1.82) is 0 Å². The van der Waals surface area contributed by atoms with Crippen LogP contribution in [0.25, 0.3) is 10.8 Å². The third-order valence-corrected chi connectivity index (χ3v) is 3.11. The zero-order valence-corrected chi connectivity index (χ0v) is 18.9. The summed E-state index contributed by atoms with van der Waals surface area (Å²) >= 11 is 2.27. The number of hydrogen-bond donors (Lipinski definition) is 0. The molecule has 0 atom stereocenters. The average molecular weight is 413 g/mol. The Morgan fingerprint density at radius 2 is 1.83 bits per heavy atom. The third-order valence-electron chi connectivity index (χ3n) is 3.11. The van der Waals surface area contributed by atoms with Gasteiger partial charge in [-0.2, -0.15) is 23.6 Å². The summed E-state index contributed by atoms with van der Waals surface area (Å²) in [6.07, 6.45) is 12.7. The Morgan fingerprint density at radius 3 is 2.38 bits per heavy atom. The van der Waals surface area contributed by atoms with E-state index in [9.17, 15) is 0 Å². The van der Waals surface area contributed by atoms with Gasteiger partial charge in [-0.05, 0) is 0 Å². The van der Waals surface area contributed by atoms with Crippen LogP contribution in [0.15, 0.2) is 60.2 Å². The van der Waals surface area contributed by atoms with Crippen molar-refractivity contribution in [2.75, 3.05) is 0 Å². The van der Waals surface area contributed by atoms with Crippen molar-refractivity contribution in [3.8, 4) is 0 Å². The minimum atomic E-state index is 0. The molecule has 0 aromatic heterocycles. The van der Waals surface area contributed by atoms with E-state index in [1.807, 2.05) is 0 Å². The van der Waals surface area contributed by atoms with Gasteiger partial charge in [-0.3, -0.25) is 6.08 Å². The zero-order chi connectivity index (χ0) is 16.2. The van der Waals surface area contributed by atoms with Crippen LogP contribution in [0.1, 0.15) is 32.6 Å². The largest absolute Gasteiger partial charge is 1.00 e. The minimum Gasteiger partial charge on any atom is -1.00 e. The fraction of sp³-hybridized carbons (Fsp3) is 0.350. The number of rotatable bonds is 3. The van der Waals surface area contributed by atoms with Crippen molar-refractivity contribution in [3.05, 3.63) is 66.3 Å². The number of unbranched alkanes of at least 4 members (excludes halogenated alkanes) is 1. The minimum absolute atomic E-state index is 0. The van der Waals surface area contributed by atoms with Gasteiger partial charge in [0.2, 0.25) is 0 Å². The van der Waals surface area contributed by atoms with Crippen LogP contribution >= 0.6 is 0 Å². The summed E-state index contributed by atoms with van der Waals surface area (Å²) in [6.45, 7) is 6.76. The van der Waals surface area contributed by atoms with Crippen molar-refractivity contribution >= 4 is 17.0 Å². The van der Waals surface area contributed by atoms with Crippen LogP contribution < -0.4 is 24.8 Å². The van der Waals surface area contributed by atoms with Crippen molar-refractivity contribution in [2.24, 2.45) is 0 Å². The molecule has 0 saturated carbocycles. The van der Waals surface area contributed by atoms with E-state index in [1.165, 1.54) is 35.6 Å². The van der Waals surface area contributed by atoms with Crippen LogP contribution in [0.5, 0.6) is 0 Å². The van der Waals surface area contributed by atoms with E-state index in [0.717, 1.165) is 6.42 Å². The third kappa shape index (κ3) is 12.2. The van der Waals surface area contributed by atoms with Crippen LogP contribution in [-0.4, -0.2) is 6.19 Å². The molecule has 0 N–H and O–H groups in total. The molecule has 0 amide bonds. The van der Waals surface area contributed by atoms with Crippen LogP contribution in [0.3, 0.4) is 0 Å². The molecule has 1 aliphatic rings. The quantitative estimate of drug-likeness (QED) is 0.499. The van der Waals surface area contributed by atoms with Crippen molar-refractivity contribution in [3.63, 3.8) is 0 Å². The van der Waals surface area contributed by atoms with Crippen molar-refractivity contribution < 1.29 is 44.0 Å². The normalized spacial score (nSPS) is 11.1. The van der Waals surface area contributed by atoms with E-state index in [4.69, 9.17) is 0 Å². The standard InChI is InChI=1S/C9H7.C9H13.C2H6Si.2ClH.Ti/c1-2-5-9-7-3-6-8(9)4-1;1-2-3-6-9-7-4-5-8-9;1-3-2;;;/h1-7H;4,7H,2-3,5-6H2,1H3;1-2H3;2*1H;/q2*-1;;;;+2/p-2. The number of hydrogen-bond acceptors (Lipinski definition) is 0. The molecule has 0 fully saturated rings. The summed E-state index contributed by atoms with van der Waals surface area (Å²) in [5, 5.41) is 2.66. The molecule has 0 heterocycles. The average Bonchev–Trinajstić information content (AvgIpc) is 3.16. The Balaban J connectivity index is 0. The molecular formula is C20H26Cl2SiTi-2. The second-order valence-electron chi connectivity index (χ2n) is 5.57. The molecule has 130 valence electrons. The molecule has 4 heteroatoms. The molecule has 2 aromatic rings. The molecule has 0 radical (unpaired) electrons. The molecule has 0 bridgehead atoms. The first-order valence-electron chi connectivity index (χ1n) is 8.02. The second-order valence-corrected chi connectivity index (χ2v) is 12.3. The number of benzene rings is 1. The maximum absolute atomic E-state index is 3.30. The van der Waals surface area contributed by atoms with Crippen LogP contribution in [0, 0.1) is 6.08 Å². The van der Waals surface area contributed by atoms with Crippen LogP contribution in [0.2, 0.25) is 13.1 Å². The van der Waals surface area contributed by atoms with Crippen LogP contribution in [0.4, 0.5) is 0 Å². The van der Waals surface area contributed by atoms with Gasteiger partial charge in [0.15, 0.2) is 0 Å². The molecule has 0 nitrogen and oxygen atoms in total. The molecule has 0 aliphatic heterocycles. The van der Waals surface area contributed by atoms with E-state index in [1.54, 1.807) is 0 Å². The molecule has 0 unspecified atom stereocenters. The SMILES string of the molecule is CCCCC1=[C-]CC=C1.C[Si](C)=[Ti+2].[Cl-].[Cl-].c1ccc2[cH-]ccc2c1. The molecule has 0 spiro atoms.